The maximum absolute atomic E-state index is 11.0. The number of halogens is 1. The van der Waals surface area contributed by atoms with Gasteiger partial charge in [-0.1, -0.05) is 6.07 Å². The zero-order chi connectivity index (χ0) is 19.2. The molecule has 0 aliphatic carbocycles. The van der Waals surface area contributed by atoms with Crippen molar-refractivity contribution >= 4 is 39.7 Å². The zero-order valence-electron chi connectivity index (χ0n) is 14.3. The number of ether oxygens (including phenoxy) is 2. The summed E-state index contributed by atoms with van der Waals surface area (Å²) >= 11 is 3.14. The summed E-state index contributed by atoms with van der Waals surface area (Å²) < 4.78 is 10.8. The first kappa shape index (κ1) is 18.9. The van der Waals surface area contributed by atoms with E-state index in [-0.39, 0.29) is 17.6 Å². The molecule has 2 heterocycles. The SMILES string of the molecule is COc1nc(NN=Cc2ccc(Br)c([N+](=O)[O-])c2)nc(N2CCOCC2)n1. The molecule has 3 rings (SSSR count). The van der Waals surface area contributed by atoms with Gasteiger partial charge in [-0.05, 0) is 22.0 Å². The molecule has 1 aliphatic rings. The summed E-state index contributed by atoms with van der Waals surface area (Å²) in [5.41, 5.74) is 3.20. The lowest BCUT2D eigenvalue weighted by atomic mass is 10.2. The highest BCUT2D eigenvalue weighted by Gasteiger charge is 2.17. The molecule has 1 saturated heterocycles. The Labute approximate surface area is 162 Å². The lowest BCUT2D eigenvalue weighted by Crippen LogP contribution is -2.37. The Balaban J connectivity index is 1.76. The lowest BCUT2D eigenvalue weighted by molar-refractivity contribution is -0.385. The van der Waals surface area contributed by atoms with Gasteiger partial charge < -0.3 is 14.4 Å². The quantitative estimate of drug-likeness (QED) is 0.408. The normalized spacial score (nSPS) is 14.4. The highest BCUT2D eigenvalue weighted by molar-refractivity contribution is 9.10. The molecule has 12 heteroatoms. The van der Waals surface area contributed by atoms with Gasteiger partial charge in [0.1, 0.15) is 0 Å². The van der Waals surface area contributed by atoms with Crippen LogP contribution in [0.5, 0.6) is 6.01 Å². The van der Waals surface area contributed by atoms with Crippen molar-refractivity contribution in [2.45, 2.75) is 0 Å². The fraction of sp³-hybridized carbons (Fsp3) is 0.333. The van der Waals surface area contributed by atoms with Crippen molar-refractivity contribution in [2.24, 2.45) is 5.10 Å². The van der Waals surface area contributed by atoms with Crippen LogP contribution in [0, 0.1) is 10.1 Å². The molecule has 0 amide bonds. The van der Waals surface area contributed by atoms with Crippen LogP contribution in [0.4, 0.5) is 17.6 Å². The minimum atomic E-state index is -0.472. The summed E-state index contributed by atoms with van der Waals surface area (Å²) in [6.07, 6.45) is 1.43. The number of nitrogens with one attached hydrogen (secondary N) is 1. The highest BCUT2D eigenvalue weighted by Crippen LogP contribution is 2.25. The Bertz CT molecular complexity index is 858. The van der Waals surface area contributed by atoms with E-state index in [0.717, 1.165) is 0 Å². The number of methoxy groups -OCH3 is 1. The maximum Gasteiger partial charge on any atom is 0.322 e. The van der Waals surface area contributed by atoms with Gasteiger partial charge in [0.2, 0.25) is 5.95 Å². The van der Waals surface area contributed by atoms with E-state index >= 15 is 0 Å². The molecule has 1 fully saturated rings. The van der Waals surface area contributed by atoms with Crippen molar-refractivity contribution in [3.63, 3.8) is 0 Å². The summed E-state index contributed by atoms with van der Waals surface area (Å²) in [5.74, 6) is 0.660. The Kier molecular flexibility index (Phi) is 6.08. The largest absolute Gasteiger partial charge is 0.467 e. The van der Waals surface area contributed by atoms with Crippen molar-refractivity contribution in [1.82, 2.24) is 15.0 Å². The predicted molar refractivity (Wildman–Crippen MR) is 101 cm³/mol. The summed E-state index contributed by atoms with van der Waals surface area (Å²) in [5, 5.41) is 15.0. The Morgan fingerprint density at radius 3 is 2.85 bits per heavy atom. The van der Waals surface area contributed by atoms with Crippen LogP contribution >= 0.6 is 15.9 Å². The van der Waals surface area contributed by atoms with Gasteiger partial charge in [-0.15, -0.1) is 0 Å². The molecule has 0 radical (unpaired) electrons. The Hall–Kier alpha value is -2.86. The molecule has 1 aromatic carbocycles. The van der Waals surface area contributed by atoms with Crippen molar-refractivity contribution in [1.29, 1.82) is 0 Å². The summed E-state index contributed by atoms with van der Waals surface area (Å²) in [6.45, 7) is 2.52. The standard InChI is InChI=1S/C15H16BrN7O4/c1-26-15-19-13(18-14(20-15)22-4-6-27-7-5-22)21-17-9-10-2-3-11(16)12(8-10)23(24)25/h2-3,8-9H,4-7H2,1H3,(H,18,19,20,21). The van der Waals surface area contributed by atoms with E-state index in [1.165, 1.54) is 19.4 Å². The number of rotatable bonds is 6. The van der Waals surface area contributed by atoms with Gasteiger partial charge in [0.25, 0.3) is 11.6 Å². The fourth-order valence-electron chi connectivity index (χ4n) is 2.31. The number of nitrogens with zero attached hydrogens (tertiary/aromatic N) is 6. The van der Waals surface area contributed by atoms with Gasteiger partial charge in [0.15, 0.2) is 0 Å². The molecule has 1 aromatic heterocycles. The summed E-state index contributed by atoms with van der Waals surface area (Å²) in [6, 6.07) is 4.84. The minimum absolute atomic E-state index is 0.0459. The van der Waals surface area contributed by atoms with Gasteiger partial charge in [-0.25, -0.2) is 5.43 Å². The highest BCUT2D eigenvalue weighted by atomic mass is 79.9. The molecule has 2 aromatic rings. The summed E-state index contributed by atoms with van der Waals surface area (Å²) in [7, 11) is 1.46. The van der Waals surface area contributed by atoms with Gasteiger partial charge in [-0.2, -0.15) is 20.1 Å². The monoisotopic (exact) mass is 437 g/mol. The molecule has 0 unspecified atom stereocenters. The number of anilines is 2. The van der Waals surface area contributed by atoms with E-state index in [2.05, 4.69) is 41.4 Å². The molecule has 142 valence electrons. The second-order valence-corrected chi connectivity index (χ2v) is 6.24. The van der Waals surface area contributed by atoms with Gasteiger partial charge in [0.05, 0.1) is 35.9 Å². The third-order valence-corrected chi connectivity index (χ3v) is 4.30. The molecule has 0 atom stereocenters. The number of hydrogen-bond acceptors (Lipinski definition) is 10. The lowest BCUT2D eigenvalue weighted by Gasteiger charge is -2.26. The Morgan fingerprint density at radius 1 is 1.37 bits per heavy atom. The molecule has 27 heavy (non-hydrogen) atoms. The third kappa shape index (κ3) is 4.86. The number of hydrogen-bond donors (Lipinski definition) is 1. The van der Waals surface area contributed by atoms with Crippen LogP contribution in [0.3, 0.4) is 0 Å². The van der Waals surface area contributed by atoms with Crippen LogP contribution in [0.15, 0.2) is 27.8 Å². The van der Waals surface area contributed by atoms with E-state index in [0.29, 0.717) is 42.3 Å². The molecule has 0 bridgehead atoms. The van der Waals surface area contributed by atoms with E-state index < -0.39 is 4.92 Å². The molecule has 0 saturated carbocycles. The number of nitro benzene ring substituents is 1. The zero-order valence-corrected chi connectivity index (χ0v) is 15.9. The number of morpholine rings is 1. The molecular formula is C15H16BrN7O4. The molecule has 0 spiro atoms. The van der Waals surface area contributed by atoms with E-state index in [4.69, 9.17) is 9.47 Å². The minimum Gasteiger partial charge on any atom is -0.467 e. The maximum atomic E-state index is 11.0. The Morgan fingerprint density at radius 2 is 2.15 bits per heavy atom. The third-order valence-electron chi connectivity index (χ3n) is 3.62. The van der Waals surface area contributed by atoms with Crippen molar-refractivity contribution in [3.8, 4) is 6.01 Å². The molecule has 1 N–H and O–H groups in total. The first-order chi connectivity index (χ1) is 13.1. The van der Waals surface area contributed by atoms with Crippen LogP contribution in [0.25, 0.3) is 0 Å². The first-order valence-electron chi connectivity index (χ1n) is 7.92. The topological polar surface area (TPSA) is 128 Å². The van der Waals surface area contributed by atoms with Crippen LogP contribution in [0.1, 0.15) is 5.56 Å². The van der Waals surface area contributed by atoms with Gasteiger partial charge in [-0.3, -0.25) is 10.1 Å². The van der Waals surface area contributed by atoms with Crippen LogP contribution in [0.2, 0.25) is 0 Å². The first-order valence-corrected chi connectivity index (χ1v) is 8.72. The molecule has 11 nitrogen and oxygen atoms in total. The molecular weight excluding hydrogens is 422 g/mol. The van der Waals surface area contributed by atoms with Crippen LogP contribution in [-0.2, 0) is 4.74 Å². The smallest absolute Gasteiger partial charge is 0.322 e. The predicted octanol–water partition coefficient (Wildman–Crippen LogP) is 1.83. The number of aromatic nitrogens is 3. The van der Waals surface area contributed by atoms with Crippen molar-refractivity contribution < 1.29 is 14.4 Å². The van der Waals surface area contributed by atoms with Crippen molar-refractivity contribution in [2.75, 3.05) is 43.7 Å². The molecule has 1 aliphatic heterocycles. The second-order valence-electron chi connectivity index (χ2n) is 5.38. The summed E-state index contributed by atoms with van der Waals surface area (Å²) in [4.78, 5) is 25.1. The van der Waals surface area contributed by atoms with Crippen molar-refractivity contribution in [3.05, 3.63) is 38.3 Å². The van der Waals surface area contributed by atoms with E-state index in [1.54, 1.807) is 12.1 Å². The average Bonchev–Trinajstić information content (AvgIpc) is 2.69. The van der Waals surface area contributed by atoms with Crippen LogP contribution in [-0.4, -0.2) is 59.5 Å². The van der Waals surface area contributed by atoms with E-state index in [9.17, 15) is 10.1 Å². The number of nitro groups is 1. The second kappa shape index (κ2) is 8.68. The van der Waals surface area contributed by atoms with Gasteiger partial charge in [0, 0.05) is 24.7 Å². The number of benzene rings is 1. The fourth-order valence-corrected chi connectivity index (χ4v) is 2.70. The van der Waals surface area contributed by atoms with E-state index in [1.807, 2.05) is 4.90 Å². The van der Waals surface area contributed by atoms with Crippen LogP contribution < -0.4 is 15.1 Å². The number of hydrazone groups is 1. The van der Waals surface area contributed by atoms with Gasteiger partial charge >= 0.3 is 6.01 Å². The average molecular weight is 438 g/mol.